The Hall–Kier alpha value is -2.94. The maximum atomic E-state index is 11.9. The van der Waals surface area contributed by atoms with Crippen LogP contribution < -0.4 is 10.2 Å². The van der Waals surface area contributed by atoms with Gasteiger partial charge < -0.3 is 9.84 Å². The third kappa shape index (κ3) is 5.78. The zero-order valence-corrected chi connectivity index (χ0v) is 17.2. The number of halogens is 1. The predicted molar refractivity (Wildman–Crippen MR) is 109 cm³/mol. The minimum atomic E-state index is -0.706. The molecule has 1 amide bonds. The van der Waals surface area contributed by atoms with Gasteiger partial charge in [-0.2, -0.15) is 5.10 Å². The van der Waals surface area contributed by atoms with E-state index in [1.807, 2.05) is 12.1 Å². The lowest BCUT2D eigenvalue weighted by Gasteiger charge is -2.20. The summed E-state index contributed by atoms with van der Waals surface area (Å²) in [5, 5.41) is 23.9. The fourth-order valence-electron chi connectivity index (χ4n) is 2.21. The summed E-state index contributed by atoms with van der Waals surface area (Å²) in [6.07, 6.45) is 1.23. The van der Waals surface area contributed by atoms with Crippen LogP contribution in [-0.4, -0.2) is 28.8 Å². The van der Waals surface area contributed by atoms with Crippen molar-refractivity contribution in [3.63, 3.8) is 0 Å². The predicted octanol–water partition coefficient (Wildman–Crippen LogP) is 3.89. The molecular formula is C19H20BrN3O5. The van der Waals surface area contributed by atoms with Crippen LogP contribution in [0.15, 0.2) is 46.0 Å². The summed E-state index contributed by atoms with van der Waals surface area (Å²) in [5.41, 5.74) is 3.31. The van der Waals surface area contributed by atoms with Gasteiger partial charge in [0.05, 0.1) is 15.6 Å². The SMILES string of the molecule is CC(C)(C)c1ccc(OCC(=O)N/N=C/c2ccc(O)c([N+](=O)[O-])c2)c(Br)c1. The van der Waals surface area contributed by atoms with Gasteiger partial charge in [0.1, 0.15) is 5.75 Å². The molecule has 28 heavy (non-hydrogen) atoms. The fourth-order valence-corrected chi connectivity index (χ4v) is 2.70. The zero-order chi connectivity index (χ0) is 20.9. The molecule has 0 aliphatic heterocycles. The lowest BCUT2D eigenvalue weighted by molar-refractivity contribution is -0.385. The monoisotopic (exact) mass is 449 g/mol. The Labute approximate surface area is 170 Å². The van der Waals surface area contributed by atoms with Crippen molar-refractivity contribution < 1.29 is 19.6 Å². The Morgan fingerprint density at radius 3 is 2.64 bits per heavy atom. The number of nitrogens with zero attached hydrogens (tertiary/aromatic N) is 2. The van der Waals surface area contributed by atoms with Gasteiger partial charge in [-0.25, -0.2) is 5.43 Å². The van der Waals surface area contributed by atoms with Crippen LogP contribution in [0.2, 0.25) is 0 Å². The Kier molecular flexibility index (Phi) is 6.74. The number of amides is 1. The van der Waals surface area contributed by atoms with Gasteiger partial charge in [0.25, 0.3) is 5.91 Å². The van der Waals surface area contributed by atoms with E-state index in [4.69, 9.17) is 4.74 Å². The molecule has 0 saturated carbocycles. The number of phenolic OH excluding ortho intramolecular Hbond substituents is 1. The first-order valence-electron chi connectivity index (χ1n) is 8.30. The van der Waals surface area contributed by atoms with E-state index >= 15 is 0 Å². The van der Waals surface area contributed by atoms with Gasteiger partial charge in [-0.15, -0.1) is 0 Å². The van der Waals surface area contributed by atoms with E-state index in [2.05, 4.69) is 47.2 Å². The summed E-state index contributed by atoms with van der Waals surface area (Å²) in [5.74, 6) is -0.403. The molecule has 2 rings (SSSR count). The first-order chi connectivity index (χ1) is 13.1. The van der Waals surface area contributed by atoms with Crippen LogP contribution in [0.5, 0.6) is 11.5 Å². The van der Waals surface area contributed by atoms with Crippen molar-refractivity contribution in [2.75, 3.05) is 6.61 Å². The van der Waals surface area contributed by atoms with Gasteiger partial charge in [0, 0.05) is 11.6 Å². The molecule has 9 heteroatoms. The van der Waals surface area contributed by atoms with E-state index in [9.17, 15) is 20.0 Å². The molecule has 2 aromatic carbocycles. The molecule has 0 heterocycles. The van der Waals surface area contributed by atoms with Gasteiger partial charge in [0.2, 0.25) is 0 Å². The van der Waals surface area contributed by atoms with Crippen LogP contribution in [0.4, 0.5) is 5.69 Å². The quantitative estimate of drug-likeness (QED) is 0.394. The number of carbonyl (C=O) groups is 1. The zero-order valence-electron chi connectivity index (χ0n) is 15.6. The average molecular weight is 450 g/mol. The van der Waals surface area contributed by atoms with Gasteiger partial charge in [-0.05, 0) is 51.2 Å². The molecule has 0 atom stereocenters. The topological polar surface area (TPSA) is 114 Å². The van der Waals surface area contributed by atoms with Crippen LogP contribution >= 0.6 is 15.9 Å². The molecular weight excluding hydrogens is 430 g/mol. The van der Waals surface area contributed by atoms with Crippen LogP contribution in [0.25, 0.3) is 0 Å². The summed E-state index contributed by atoms with van der Waals surface area (Å²) >= 11 is 3.44. The smallest absolute Gasteiger partial charge is 0.311 e. The highest BCUT2D eigenvalue weighted by Crippen LogP contribution is 2.31. The van der Waals surface area contributed by atoms with E-state index in [0.29, 0.717) is 11.3 Å². The van der Waals surface area contributed by atoms with Crippen LogP contribution in [0, 0.1) is 10.1 Å². The molecule has 0 saturated heterocycles. The summed E-state index contributed by atoms with van der Waals surface area (Å²) < 4.78 is 6.22. The molecule has 0 spiro atoms. The lowest BCUT2D eigenvalue weighted by atomic mass is 9.87. The van der Waals surface area contributed by atoms with Crippen molar-refractivity contribution in [3.8, 4) is 11.5 Å². The minimum Gasteiger partial charge on any atom is -0.502 e. The highest BCUT2D eigenvalue weighted by molar-refractivity contribution is 9.10. The Morgan fingerprint density at radius 2 is 2.04 bits per heavy atom. The van der Waals surface area contributed by atoms with E-state index in [1.54, 1.807) is 6.07 Å². The number of nitrogens with one attached hydrogen (secondary N) is 1. The highest BCUT2D eigenvalue weighted by atomic mass is 79.9. The van der Waals surface area contributed by atoms with Crippen molar-refractivity contribution >= 4 is 33.7 Å². The fraction of sp³-hybridized carbons (Fsp3) is 0.263. The molecule has 0 fully saturated rings. The molecule has 0 bridgehead atoms. The largest absolute Gasteiger partial charge is 0.502 e. The molecule has 0 aromatic heterocycles. The maximum absolute atomic E-state index is 11.9. The molecule has 0 radical (unpaired) electrons. The Bertz CT molecular complexity index is 922. The number of phenols is 1. The molecule has 0 unspecified atom stereocenters. The average Bonchev–Trinajstić information content (AvgIpc) is 2.61. The number of hydrogen-bond acceptors (Lipinski definition) is 6. The summed E-state index contributed by atoms with van der Waals surface area (Å²) in [7, 11) is 0. The van der Waals surface area contributed by atoms with E-state index < -0.39 is 22.3 Å². The number of hydrazone groups is 1. The van der Waals surface area contributed by atoms with Crippen LogP contribution in [0.3, 0.4) is 0 Å². The van der Waals surface area contributed by atoms with E-state index in [0.717, 1.165) is 16.1 Å². The van der Waals surface area contributed by atoms with Crippen LogP contribution in [0.1, 0.15) is 31.9 Å². The maximum Gasteiger partial charge on any atom is 0.311 e. The van der Waals surface area contributed by atoms with Crippen molar-refractivity contribution in [2.45, 2.75) is 26.2 Å². The van der Waals surface area contributed by atoms with Crippen LogP contribution in [-0.2, 0) is 10.2 Å². The molecule has 8 nitrogen and oxygen atoms in total. The van der Waals surface area contributed by atoms with Crippen molar-refractivity contribution in [1.82, 2.24) is 5.43 Å². The van der Waals surface area contributed by atoms with Gasteiger partial charge in [-0.1, -0.05) is 26.8 Å². The number of ether oxygens (including phenoxy) is 1. The highest BCUT2D eigenvalue weighted by Gasteiger charge is 2.16. The Morgan fingerprint density at radius 1 is 1.32 bits per heavy atom. The van der Waals surface area contributed by atoms with Gasteiger partial charge >= 0.3 is 5.69 Å². The number of aromatic hydroxyl groups is 1. The van der Waals surface area contributed by atoms with Crippen molar-refractivity contribution in [2.24, 2.45) is 5.10 Å². The third-order valence-electron chi connectivity index (χ3n) is 3.76. The van der Waals surface area contributed by atoms with Gasteiger partial charge in [-0.3, -0.25) is 14.9 Å². The van der Waals surface area contributed by atoms with Crippen molar-refractivity contribution in [1.29, 1.82) is 0 Å². The molecule has 0 aliphatic rings. The third-order valence-corrected chi connectivity index (χ3v) is 4.38. The Balaban J connectivity index is 1.92. The van der Waals surface area contributed by atoms with E-state index in [-0.39, 0.29) is 12.0 Å². The molecule has 0 aliphatic carbocycles. The second-order valence-corrected chi connectivity index (χ2v) is 7.84. The lowest BCUT2D eigenvalue weighted by Crippen LogP contribution is -2.24. The standard InChI is InChI=1S/C19H20BrN3O5/c1-19(2,3)13-5-7-17(14(20)9-13)28-11-18(25)22-21-10-12-4-6-16(24)15(8-12)23(26)27/h4-10,24H,11H2,1-3H3,(H,22,25)/b21-10+. The summed E-state index contributed by atoms with van der Waals surface area (Å²) in [4.78, 5) is 21.9. The van der Waals surface area contributed by atoms with E-state index in [1.165, 1.54) is 18.3 Å². The second kappa shape index (κ2) is 8.83. The molecule has 2 N–H and O–H groups in total. The number of carbonyl (C=O) groups excluding carboxylic acids is 1. The molecule has 2 aromatic rings. The number of hydrogen-bond donors (Lipinski definition) is 2. The summed E-state index contributed by atoms with van der Waals surface area (Å²) in [6, 6.07) is 9.44. The number of nitro groups is 1. The number of benzene rings is 2. The second-order valence-electron chi connectivity index (χ2n) is 6.98. The number of rotatable bonds is 6. The summed E-state index contributed by atoms with van der Waals surface area (Å²) in [6.45, 7) is 6.05. The van der Waals surface area contributed by atoms with Gasteiger partial charge in [0.15, 0.2) is 12.4 Å². The molecule has 148 valence electrons. The first kappa shape index (κ1) is 21.4. The minimum absolute atomic E-state index is 0.00353. The van der Waals surface area contributed by atoms with Crippen molar-refractivity contribution in [3.05, 3.63) is 62.1 Å². The number of nitro benzene ring substituents is 1. The first-order valence-corrected chi connectivity index (χ1v) is 9.09. The normalized spacial score (nSPS) is 11.4.